The lowest BCUT2D eigenvalue weighted by Crippen LogP contribution is -2.42. The van der Waals surface area contributed by atoms with Crippen LogP contribution >= 0.6 is 0 Å². The average Bonchev–Trinajstić information content (AvgIpc) is 3.37. The molecule has 0 bridgehead atoms. The maximum atomic E-state index is 13.0. The van der Waals surface area contributed by atoms with Crippen molar-refractivity contribution in [2.45, 2.75) is 44.0 Å². The van der Waals surface area contributed by atoms with Crippen molar-refractivity contribution >= 4 is 15.9 Å². The zero-order valence-electron chi connectivity index (χ0n) is 14.6. The first-order chi connectivity index (χ1) is 11.3. The van der Waals surface area contributed by atoms with E-state index in [0.717, 1.165) is 19.3 Å². The summed E-state index contributed by atoms with van der Waals surface area (Å²) in [6, 6.07) is 6.79. The minimum Gasteiger partial charge on any atom is -0.339 e. The van der Waals surface area contributed by atoms with Crippen molar-refractivity contribution < 1.29 is 13.2 Å². The lowest BCUT2D eigenvalue weighted by atomic mass is 9.94. The SMILES string of the molecule is CC1CC(C)CN(S(=O)(=O)c2cccc(C(=O)N(C)C3CC3)c2)C1. The Labute approximate surface area is 144 Å². The molecular weight excluding hydrogens is 324 g/mol. The van der Waals surface area contributed by atoms with Crippen molar-refractivity contribution in [1.29, 1.82) is 0 Å². The second kappa shape index (κ2) is 6.48. The van der Waals surface area contributed by atoms with Gasteiger partial charge in [0.05, 0.1) is 4.90 Å². The molecule has 1 aromatic carbocycles. The Bertz CT molecular complexity index is 718. The van der Waals surface area contributed by atoms with Crippen molar-refractivity contribution in [2.75, 3.05) is 20.1 Å². The van der Waals surface area contributed by atoms with Crippen LogP contribution in [-0.2, 0) is 10.0 Å². The first kappa shape index (κ1) is 17.4. The van der Waals surface area contributed by atoms with Gasteiger partial charge in [-0.1, -0.05) is 19.9 Å². The number of nitrogens with zero attached hydrogens (tertiary/aromatic N) is 2. The summed E-state index contributed by atoms with van der Waals surface area (Å²) in [5.74, 6) is 0.610. The van der Waals surface area contributed by atoms with E-state index in [0.29, 0.717) is 36.5 Å². The van der Waals surface area contributed by atoms with E-state index in [4.69, 9.17) is 0 Å². The van der Waals surface area contributed by atoms with E-state index >= 15 is 0 Å². The van der Waals surface area contributed by atoms with Crippen molar-refractivity contribution in [2.24, 2.45) is 11.8 Å². The summed E-state index contributed by atoms with van der Waals surface area (Å²) in [5.41, 5.74) is 0.448. The van der Waals surface area contributed by atoms with E-state index in [1.165, 1.54) is 6.07 Å². The highest BCUT2D eigenvalue weighted by Gasteiger charge is 2.33. The molecule has 1 aliphatic carbocycles. The van der Waals surface area contributed by atoms with Gasteiger partial charge in [0.15, 0.2) is 0 Å². The van der Waals surface area contributed by atoms with Gasteiger partial charge in [0.1, 0.15) is 0 Å². The Hall–Kier alpha value is -1.40. The lowest BCUT2D eigenvalue weighted by molar-refractivity contribution is 0.0785. The molecular formula is C18H26N2O3S. The number of carbonyl (C=O) groups excluding carboxylic acids is 1. The third-order valence-corrected chi connectivity index (χ3v) is 6.80. The first-order valence-electron chi connectivity index (χ1n) is 8.66. The highest BCUT2D eigenvalue weighted by molar-refractivity contribution is 7.89. The Morgan fingerprint density at radius 1 is 1.17 bits per heavy atom. The molecule has 1 saturated carbocycles. The van der Waals surface area contributed by atoms with E-state index in [1.807, 2.05) is 0 Å². The van der Waals surface area contributed by atoms with Gasteiger partial charge in [0.25, 0.3) is 5.91 Å². The lowest BCUT2D eigenvalue weighted by Gasteiger charge is -2.34. The predicted molar refractivity (Wildman–Crippen MR) is 93.3 cm³/mol. The smallest absolute Gasteiger partial charge is 0.253 e. The fourth-order valence-corrected chi connectivity index (χ4v) is 5.30. The van der Waals surface area contributed by atoms with E-state index in [9.17, 15) is 13.2 Å². The zero-order chi connectivity index (χ0) is 17.5. The van der Waals surface area contributed by atoms with Gasteiger partial charge in [-0.2, -0.15) is 4.31 Å². The predicted octanol–water partition coefficient (Wildman–Crippen LogP) is 2.59. The first-order valence-corrected chi connectivity index (χ1v) is 10.1. The van der Waals surface area contributed by atoms with Crippen molar-refractivity contribution in [3.05, 3.63) is 29.8 Å². The normalized spacial score (nSPS) is 25.5. The van der Waals surface area contributed by atoms with E-state index in [2.05, 4.69) is 13.8 Å². The van der Waals surface area contributed by atoms with Crippen LogP contribution in [0, 0.1) is 11.8 Å². The maximum absolute atomic E-state index is 13.0. The van der Waals surface area contributed by atoms with Crippen molar-refractivity contribution in [3.8, 4) is 0 Å². The fraction of sp³-hybridized carbons (Fsp3) is 0.611. The molecule has 6 heteroatoms. The number of benzene rings is 1. The van der Waals surface area contributed by atoms with Crippen LogP contribution in [0.3, 0.4) is 0 Å². The van der Waals surface area contributed by atoms with Crippen LogP contribution < -0.4 is 0 Å². The van der Waals surface area contributed by atoms with E-state index < -0.39 is 10.0 Å². The molecule has 2 unspecified atom stereocenters. The second-order valence-electron chi connectivity index (χ2n) is 7.44. The number of amides is 1. The molecule has 3 rings (SSSR count). The number of rotatable bonds is 4. The molecule has 5 nitrogen and oxygen atoms in total. The number of carbonyl (C=O) groups is 1. The average molecular weight is 350 g/mol. The van der Waals surface area contributed by atoms with Gasteiger partial charge in [-0.05, 0) is 49.3 Å². The van der Waals surface area contributed by atoms with Crippen LogP contribution in [0.15, 0.2) is 29.2 Å². The fourth-order valence-electron chi connectivity index (χ4n) is 3.57. The standard InChI is InChI=1S/C18H26N2O3S/c1-13-9-14(2)12-20(11-13)24(22,23)17-6-4-5-15(10-17)18(21)19(3)16-7-8-16/h4-6,10,13-14,16H,7-9,11-12H2,1-3H3. The molecule has 1 heterocycles. The molecule has 1 aliphatic heterocycles. The van der Waals surface area contributed by atoms with Gasteiger partial charge in [0, 0.05) is 31.7 Å². The topological polar surface area (TPSA) is 57.7 Å². The zero-order valence-corrected chi connectivity index (χ0v) is 15.4. The summed E-state index contributed by atoms with van der Waals surface area (Å²) in [5, 5.41) is 0. The molecule has 0 N–H and O–H groups in total. The molecule has 0 radical (unpaired) electrons. The minimum atomic E-state index is -3.55. The van der Waals surface area contributed by atoms with Crippen molar-refractivity contribution in [3.63, 3.8) is 0 Å². The van der Waals surface area contributed by atoms with Crippen LogP contribution in [0.5, 0.6) is 0 Å². The maximum Gasteiger partial charge on any atom is 0.253 e. The van der Waals surface area contributed by atoms with Gasteiger partial charge in [0.2, 0.25) is 10.0 Å². The number of piperidine rings is 1. The van der Waals surface area contributed by atoms with Crippen LogP contribution in [0.2, 0.25) is 0 Å². The molecule has 0 spiro atoms. The molecule has 0 aromatic heterocycles. The molecule has 1 amide bonds. The van der Waals surface area contributed by atoms with Gasteiger partial charge >= 0.3 is 0 Å². The summed E-state index contributed by atoms with van der Waals surface area (Å²) < 4.78 is 27.5. The molecule has 132 valence electrons. The van der Waals surface area contributed by atoms with Crippen molar-refractivity contribution in [1.82, 2.24) is 9.21 Å². The van der Waals surface area contributed by atoms with Gasteiger partial charge in [-0.3, -0.25) is 4.79 Å². The summed E-state index contributed by atoms with van der Waals surface area (Å²) >= 11 is 0. The Balaban J connectivity index is 1.85. The van der Waals surface area contributed by atoms with Gasteiger partial charge in [-0.25, -0.2) is 8.42 Å². The van der Waals surface area contributed by atoms with Crippen LogP contribution in [0.1, 0.15) is 43.5 Å². The summed E-state index contributed by atoms with van der Waals surface area (Å²) in [7, 11) is -1.76. The van der Waals surface area contributed by atoms with Gasteiger partial charge < -0.3 is 4.90 Å². The minimum absolute atomic E-state index is 0.102. The third-order valence-electron chi connectivity index (χ3n) is 4.97. The number of hydrogen-bond donors (Lipinski definition) is 0. The summed E-state index contributed by atoms with van der Waals surface area (Å²) in [4.78, 5) is 14.4. The Morgan fingerprint density at radius 2 is 1.79 bits per heavy atom. The Kier molecular flexibility index (Phi) is 4.71. The largest absolute Gasteiger partial charge is 0.339 e. The third kappa shape index (κ3) is 3.49. The molecule has 1 aromatic rings. The number of hydrogen-bond acceptors (Lipinski definition) is 3. The Morgan fingerprint density at radius 3 is 2.38 bits per heavy atom. The van der Waals surface area contributed by atoms with E-state index in [-0.39, 0.29) is 10.8 Å². The quantitative estimate of drug-likeness (QED) is 0.839. The second-order valence-corrected chi connectivity index (χ2v) is 9.38. The summed E-state index contributed by atoms with van der Waals surface area (Å²) in [6.07, 6.45) is 3.12. The number of sulfonamides is 1. The highest BCUT2D eigenvalue weighted by Crippen LogP contribution is 2.29. The summed E-state index contributed by atoms with van der Waals surface area (Å²) in [6.45, 7) is 5.27. The molecule has 2 fully saturated rings. The molecule has 1 saturated heterocycles. The van der Waals surface area contributed by atoms with Crippen LogP contribution in [-0.4, -0.2) is 49.7 Å². The van der Waals surface area contributed by atoms with Crippen LogP contribution in [0.4, 0.5) is 0 Å². The highest BCUT2D eigenvalue weighted by atomic mass is 32.2. The van der Waals surface area contributed by atoms with E-state index in [1.54, 1.807) is 34.5 Å². The monoisotopic (exact) mass is 350 g/mol. The van der Waals surface area contributed by atoms with Gasteiger partial charge in [-0.15, -0.1) is 0 Å². The molecule has 2 aliphatic rings. The molecule has 24 heavy (non-hydrogen) atoms. The molecule has 2 atom stereocenters. The van der Waals surface area contributed by atoms with Crippen LogP contribution in [0.25, 0.3) is 0 Å².